The molecule has 0 aliphatic rings. The topological polar surface area (TPSA) is 0 Å². The van der Waals surface area contributed by atoms with Crippen molar-refractivity contribution in [2.24, 2.45) is 0 Å². The minimum atomic E-state index is -3.16. The first-order valence-corrected chi connectivity index (χ1v) is 4.68. The highest BCUT2D eigenvalue weighted by atomic mass is 35.5. The molecule has 0 fully saturated rings. The maximum Gasteiger partial charge on any atom is 0.341 e. The Labute approximate surface area is 77.6 Å². The number of hydrogen-bond acceptors (Lipinski definition) is 0. The van der Waals surface area contributed by atoms with E-state index < -0.39 is 5.38 Å². The van der Waals surface area contributed by atoms with Crippen molar-refractivity contribution >= 4 is 11.6 Å². The molecule has 0 bridgehead atoms. The largest absolute Gasteiger partial charge is 0.341 e. The number of allylic oxidation sites excluding steroid dienone is 2. The summed E-state index contributed by atoms with van der Waals surface area (Å²) in [4.78, 5) is 0. The lowest BCUT2D eigenvalue weighted by Gasteiger charge is -1.98. The molecule has 0 atom stereocenters. The molecule has 0 radical (unpaired) electrons. The van der Waals surface area contributed by atoms with E-state index in [2.05, 4.69) is 18.5 Å². The molecule has 0 rings (SSSR count). The molecule has 0 aromatic rings. The Morgan fingerprint density at radius 3 is 2.42 bits per heavy atom. The van der Waals surface area contributed by atoms with Crippen LogP contribution in [0, 0.1) is 0 Å². The Morgan fingerprint density at radius 1 is 1.25 bits per heavy atom. The summed E-state index contributed by atoms with van der Waals surface area (Å²) in [6, 6.07) is 0. The second-order valence-electron chi connectivity index (χ2n) is 2.79. The lowest BCUT2D eigenvalue weighted by molar-refractivity contribution is 0.152. The van der Waals surface area contributed by atoms with Gasteiger partial charge < -0.3 is 0 Å². The summed E-state index contributed by atoms with van der Waals surface area (Å²) in [5.74, 6) is 0. The molecular weight excluding hydrogens is 182 g/mol. The van der Waals surface area contributed by atoms with Crippen LogP contribution >= 0.6 is 11.6 Å². The summed E-state index contributed by atoms with van der Waals surface area (Å²) in [5, 5.41) is -3.16. The third-order valence-corrected chi connectivity index (χ3v) is 1.66. The monoisotopic (exact) mass is 196 g/mol. The second kappa shape index (κ2) is 6.41. The van der Waals surface area contributed by atoms with Crippen LogP contribution in [-0.4, -0.2) is 5.38 Å². The molecule has 0 N–H and O–H groups in total. The first kappa shape index (κ1) is 11.9. The van der Waals surface area contributed by atoms with Gasteiger partial charge in [-0.1, -0.05) is 32.3 Å². The molecule has 0 aromatic carbocycles. The fraction of sp³-hybridized carbons (Fsp3) is 0.778. The summed E-state index contributed by atoms with van der Waals surface area (Å²) in [6.45, 7) is 2.11. The molecule has 0 spiro atoms. The Hall–Kier alpha value is -0.110. The van der Waals surface area contributed by atoms with Gasteiger partial charge in [0.25, 0.3) is 0 Å². The van der Waals surface area contributed by atoms with Crippen molar-refractivity contribution in [3.63, 3.8) is 0 Å². The van der Waals surface area contributed by atoms with Crippen LogP contribution in [0.4, 0.5) is 8.78 Å². The van der Waals surface area contributed by atoms with Crippen molar-refractivity contribution < 1.29 is 8.78 Å². The van der Waals surface area contributed by atoms with Crippen molar-refractivity contribution in [3.8, 4) is 0 Å². The Bertz CT molecular complexity index is 127. The molecule has 0 aliphatic carbocycles. The van der Waals surface area contributed by atoms with Crippen LogP contribution in [0.15, 0.2) is 12.2 Å². The number of unbranched alkanes of at least 4 members (excludes halogenated alkanes) is 4. The predicted octanol–water partition coefficient (Wildman–Crippen LogP) is 4.34. The van der Waals surface area contributed by atoms with Gasteiger partial charge in [-0.2, -0.15) is 8.78 Å². The van der Waals surface area contributed by atoms with Gasteiger partial charge in [-0.05, 0) is 30.5 Å². The standard InChI is InChI=1S/C9H15ClF2/c1-2-3-4-5-6-7-8-9(10,11)12/h7-8H,2-6H2,1H3/b8-7+. The van der Waals surface area contributed by atoms with E-state index >= 15 is 0 Å². The lowest BCUT2D eigenvalue weighted by Crippen LogP contribution is -1.97. The van der Waals surface area contributed by atoms with Crippen LogP contribution in [0.1, 0.15) is 39.0 Å². The van der Waals surface area contributed by atoms with E-state index in [9.17, 15) is 8.78 Å². The van der Waals surface area contributed by atoms with E-state index in [1.54, 1.807) is 0 Å². The van der Waals surface area contributed by atoms with Crippen LogP contribution in [-0.2, 0) is 0 Å². The zero-order valence-electron chi connectivity index (χ0n) is 7.32. The van der Waals surface area contributed by atoms with Crippen molar-refractivity contribution in [1.82, 2.24) is 0 Å². The first-order valence-electron chi connectivity index (χ1n) is 4.30. The third kappa shape index (κ3) is 9.89. The average Bonchev–Trinajstić information content (AvgIpc) is 1.94. The van der Waals surface area contributed by atoms with Crippen LogP contribution in [0.3, 0.4) is 0 Å². The summed E-state index contributed by atoms with van der Waals surface area (Å²) in [7, 11) is 0. The van der Waals surface area contributed by atoms with Crippen LogP contribution < -0.4 is 0 Å². The highest BCUT2D eigenvalue weighted by molar-refractivity contribution is 6.22. The molecule has 0 nitrogen and oxygen atoms in total. The molecule has 0 amide bonds. The van der Waals surface area contributed by atoms with Crippen LogP contribution in [0.2, 0.25) is 0 Å². The first-order chi connectivity index (χ1) is 5.56. The predicted molar refractivity (Wildman–Crippen MR) is 48.7 cm³/mol. The van der Waals surface area contributed by atoms with Crippen molar-refractivity contribution in [3.05, 3.63) is 12.2 Å². The maximum atomic E-state index is 12.0. The Morgan fingerprint density at radius 2 is 1.92 bits per heavy atom. The van der Waals surface area contributed by atoms with Gasteiger partial charge in [-0.25, -0.2) is 0 Å². The van der Waals surface area contributed by atoms with Gasteiger partial charge in [0.05, 0.1) is 0 Å². The summed E-state index contributed by atoms with van der Waals surface area (Å²) < 4.78 is 24.0. The Kier molecular flexibility index (Phi) is 6.35. The van der Waals surface area contributed by atoms with Gasteiger partial charge in [0, 0.05) is 0 Å². The van der Waals surface area contributed by atoms with Crippen LogP contribution in [0.5, 0.6) is 0 Å². The molecular formula is C9H15ClF2. The fourth-order valence-corrected chi connectivity index (χ4v) is 0.995. The molecule has 72 valence electrons. The summed E-state index contributed by atoms with van der Waals surface area (Å²) in [6.07, 6.45) is 7.30. The van der Waals surface area contributed by atoms with E-state index in [0.29, 0.717) is 6.42 Å². The van der Waals surface area contributed by atoms with Gasteiger partial charge in [0.15, 0.2) is 0 Å². The summed E-state index contributed by atoms with van der Waals surface area (Å²) in [5.41, 5.74) is 0. The number of alkyl halides is 3. The Balaban J connectivity index is 3.25. The number of halogens is 3. The van der Waals surface area contributed by atoms with Crippen LogP contribution in [0.25, 0.3) is 0 Å². The van der Waals surface area contributed by atoms with Crippen molar-refractivity contribution in [1.29, 1.82) is 0 Å². The molecule has 0 saturated heterocycles. The third-order valence-electron chi connectivity index (χ3n) is 1.53. The van der Waals surface area contributed by atoms with Crippen molar-refractivity contribution in [2.75, 3.05) is 0 Å². The normalized spacial score (nSPS) is 12.7. The number of rotatable bonds is 6. The molecule has 0 aliphatic heterocycles. The zero-order valence-corrected chi connectivity index (χ0v) is 8.08. The lowest BCUT2D eigenvalue weighted by atomic mass is 10.1. The van der Waals surface area contributed by atoms with Gasteiger partial charge in [0.2, 0.25) is 0 Å². The van der Waals surface area contributed by atoms with E-state index in [0.717, 1.165) is 25.3 Å². The van der Waals surface area contributed by atoms with Crippen molar-refractivity contribution in [2.45, 2.75) is 44.4 Å². The molecule has 0 aromatic heterocycles. The van der Waals surface area contributed by atoms with E-state index in [4.69, 9.17) is 0 Å². The SMILES string of the molecule is CCCCCC/C=C/C(F)(F)Cl. The molecule has 12 heavy (non-hydrogen) atoms. The average molecular weight is 197 g/mol. The van der Waals surface area contributed by atoms with E-state index in [1.807, 2.05) is 0 Å². The molecule has 0 heterocycles. The number of hydrogen-bond donors (Lipinski definition) is 0. The zero-order chi connectivity index (χ0) is 9.45. The molecule has 0 unspecified atom stereocenters. The second-order valence-corrected chi connectivity index (χ2v) is 3.30. The fourth-order valence-electron chi connectivity index (χ4n) is 0.906. The maximum absolute atomic E-state index is 12.0. The van der Waals surface area contributed by atoms with E-state index in [1.165, 1.54) is 12.5 Å². The van der Waals surface area contributed by atoms with Gasteiger partial charge in [0.1, 0.15) is 0 Å². The van der Waals surface area contributed by atoms with Gasteiger partial charge in [-0.3, -0.25) is 0 Å². The van der Waals surface area contributed by atoms with Gasteiger partial charge in [-0.15, -0.1) is 0 Å². The molecule has 3 heteroatoms. The minimum Gasteiger partial charge on any atom is -0.184 e. The highest BCUT2D eigenvalue weighted by Crippen LogP contribution is 2.20. The quantitative estimate of drug-likeness (QED) is 0.337. The summed E-state index contributed by atoms with van der Waals surface area (Å²) >= 11 is 4.65. The van der Waals surface area contributed by atoms with E-state index in [-0.39, 0.29) is 0 Å². The molecule has 0 saturated carbocycles. The van der Waals surface area contributed by atoms with Gasteiger partial charge >= 0.3 is 5.38 Å². The smallest absolute Gasteiger partial charge is 0.184 e. The highest BCUT2D eigenvalue weighted by Gasteiger charge is 2.18. The minimum absolute atomic E-state index is 0.697.